The number of nitrogens with one attached hydrogen (secondary N) is 2. The number of hydrogen-bond acceptors (Lipinski definition) is 3. The molecule has 0 radical (unpaired) electrons. The Morgan fingerprint density at radius 3 is 3.00 bits per heavy atom. The molecule has 0 bridgehead atoms. The van der Waals surface area contributed by atoms with Crippen LogP contribution in [-0.2, 0) is 9.53 Å². The molecule has 0 spiro atoms. The second-order valence-electron chi connectivity index (χ2n) is 4.30. The van der Waals surface area contributed by atoms with Crippen LogP contribution in [0.25, 0.3) is 0 Å². The van der Waals surface area contributed by atoms with Gasteiger partial charge >= 0.3 is 0 Å². The summed E-state index contributed by atoms with van der Waals surface area (Å²) in [7, 11) is 0. The average Bonchev–Trinajstić information content (AvgIpc) is 2.29. The maximum Gasteiger partial charge on any atom is 0.237 e. The lowest BCUT2D eigenvalue weighted by atomic mass is 10.0. The summed E-state index contributed by atoms with van der Waals surface area (Å²) in [6, 6.07) is -0.00473. The van der Waals surface area contributed by atoms with E-state index in [4.69, 9.17) is 4.74 Å². The Labute approximate surface area is 97.4 Å². The molecule has 0 aliphatic carbocycles. The van der Waals surface area contributed by atoms with Gasteiger partial charge in [0, 0.05) is 6.54 Å². The maximum absolute atomic E-state index is 11.6. The van der Waals surface area contributed by atoms with Crippen LogP contribution in [0.1, 0.15) is 26.2 Å². The minimum Gasteiger partial charge on any atom is -0.375 e. The fraction of sp³-hybridized carbons (Fsp3) is 0.750. The van der Waals surface area contributed by atoms with E-state index in [1.165, 1.54) is 6.42 Å². The second-order valence-corrected chi connectivity index (χ2v) is 4.30. The number of ether oxygens (including phenoxy) is 1. The van der Waals surface area contributed by atoms with Crippen molar-refractivity contribution in [1.82, 2.24) is 10.6 Å². The Bertz CT molecular complexity index is 235. The quantitative estimate of drug-likeness (QED) is 0.521. The molecule has 4 nitrogen and oxygen atoms in total. The predicted octanol–water partition coefficient (Wildman–Crippen LogP) is 0.837. The van der Waals surface area contributed by atoms with E-state index < -0.39 is 0 Å². The van der Waals surface area contributed by atoms with Gasteiger partial charge in [-0.1, -0.05) is 18.6 Å². The first-order chi connectivity index (χ1) is 7.70. The van der Waals surface area contributed by atoms with Crippen molar-refractivity contribution >= 4 is 5.91 Å². The first-order valence-corrected chi connectivity index (χ1v) is 5.93. The molecular weight excluding hydrogens is 204 g/mol. The number of carbonyl (C=O) groups is 1. The van der Waals surface area contributed by atoms with Gasteiger partial charge in [-0.25, -0.2) is 0 Å². The summed E-state index contributed by atoms with van der Waals surface area (Å²) < 4.78 is 5.30. The monoisotopic (exact) mass is 226 g/mol. The lowest BCUT2D eigenvalue weighted by molar-refractivity contribution is -0.123. The van der Waals surface area contributed by atoms with Crippen LogP contribution in [0.4, 0.5) is 0 Å². The average molecular weight is 226 g/mol. The van der Waals surface area contributed by atoms with Gasteiger partial charge in [-0.15, -0.1) is 0 Å². The molecule has 16 heavy (non-hydrogen) atoms. The fourth-order valence-corrected chi connectivity index (χ4v) is 1.69. The van der Waals surface area contributed by atoms with Gasteiger partial charge < -0.3 is 15.4 Å². The molecule has 2 N–H and O–H groups in total. The van der Waals surface area contributed by atoms with E-state index in [0.29, 0.717) is 19.8 Å². The molecule has 0 aromatic heterocycles. The highest BCUT2D eigenvalue weighted by Crippen LogP contribution is 2.06. The van der Waals surface area contributed by atoms with Gasteiger partial charge in [-0.3, -0.25) is 4.79 Å². The molecule has 4 heteroatoms. The highest BCUT2D eigenvalue weighted by molar-refractivity contribution is 5.81. The van der Waals surface area contributed by atoms with E-state index in [1.807, 2.05) is 6.92 Å². The fourth-order valence-electron chi connectivity index (χ4n) is 1.69. The highest BCUT2D eigenvalue weighted by Gasteiger charge is 2.19. The summed E-state index contributed by atoms with van der Waals surface area (Å²) in [6.07, 6.45) is 3.25. The van der Waals surface area contributed by atoms with Crippen LogP contribution in [0.15, 0.2) is 12.2 Å². The van der Waals surface area contributed by atoms with Crippen LogP contribution in [-0.4, -0.2) is 38.3 Å². The zero-order valence-electron chi connectivity index (χ0n) is 10.1. The number of hydrogen-bond donors (Lipinski definition) is 2. The molecule has 1 saturated heterocycles. The Morgan fingerprint density at radius 1 is 1.56 bits per heavy atom. The van der Waals surface area contributed by atoms with Crippen molar-refractivity contribution in [1.29, 1.82) is 0 Å². The molecule has 1 heterocycles. The molecule has 1 amide bonds. The zero-order valence-corrected chi connectivity index (χ0v) is 10.1. The lowest BCUT2D eigenvalue weighted by Gasteiger charge is -2.22. The van der Waals surface area contributed by atoms with Crippen molar-refractivity contribution in [3.63, 3.8) is 0 Å². The first-order valence-electron chi connectivity index (χ1n) is 5.93. The first kappa shape index (κ1) is 13.2. The Morgan fingerprint density at radius 2 is 2.38 bits per heavy atom. The Hall–Kier alpha value is -0.870. The summed E-state index contributed by atoms with van der Waals surface area (Å²) in [5, 5.41) is 6.08. The number of carbonyl (C=O) groups excluding carboxylic acids is 1. The van der Waals surface area contributed by atoms with Crippen LogP contribution < -0.4 is 10.6 Å². The van der Waals surface area contributed by atoms with Crippen LogP contribution in [0.5, 0.6) is 0 Å². The van der Waals surface area contributed by atoms with Crippen molar-refractivity contribution in [3.05, 3.63) is 12.2 Å². The van der Waals surface area contributed by atoms with Crippen molar-refractivity contribution in [2.24, 2.45) is 0 Å². The molecule has 92 valence electrons. The van der Waals surface area contributed by atoms with E-state index in [-0.39, 0.29) is 11.9 Å². The summed E-state index contributed by atoms with van der Waals surface area (Å²) in [5.41, 5.74) is 1.00. The van der Waals surface area contributed by atoms with Gasteiger partial charge in [-0.05, 0) is 26.3 Å². The van der Waals surface area contributed by atoms with Crippen molar-refractivity contribution in [3.8, 4) is 0 Å². The molecule has 1 atom stereocenters. The third kappa shape index (κ3) is 5.28. The molecule has 1 unspecified atom stereocenters. The predicted molar refractivity (Wildman–Crippen MR) is 64.3 cm³/mol. The molecule has 0 aromatic rings. The summed E-state index contributed by atoms with van der Waals surface area (Å²) in [6.45, 7) is 8.30. The SMILES string of the molecule is C=C(C)COCCNC(=O)C1CCCCN1. The summed E-state index contributed by atoms with van der Waals surface area (Å²) >= 11 is 0. The van der Waals surface area contributed by atoms with E-state index in [1.54, 1.807) is 0 Å². The highest BCUT2D eigenvalue weighted by atomic mass is 16.5. The summed E-state index contributed by atoms with van der Waals surface area (Å²) in [5.74, 6) is 0.0959. The summed E-state index contributed by atoms with van der Waals surface area (Å²) in [4.78, 5) is 11.6. The van der Waals surface area contributed by atoms with Crippen LogP contribution in [0.3, 0.4) is 0 Å². The van der Waals surface area contributed by atoms with Gasteiger partial charge in [-0.2, -0.15) is 0 Å². The van der Waals surface area contributed by atoms with E-state index >= 15 is 0 Å². The third-order valence-corrected chi connectivity index (χ3v) is 2.52. The Kier molecular flexibility index (Phi) is 6.11. The van der Waals surface area contributed by atoms with Gasteiger partial charge in [0.05, 0.1) is 19.3 Å². The van der Waals surface area contributed by atoms with Crippen LogP contribution in [0.2, 0.25) is 0 Å². The molecule has 1 aliphatic heterocycles. The van der Waals surface area contributed by atoms with Crippen LogP contribution in [0, 0.1) is 0 Å². The van der Waals surface area contributed by atoms with Crippen LogP contribution >= 0.6 is 0 Å². The topological polar surface area (TPSA) is 50.4 Å². The van der Waals surface area contributed by atoms with E-state index in [9.17, 15) is 4.79 Å². The molecule has 0 saturated carbocycles. The largest absolute Gasteiger partial charge is 0.375 e. The zero-order chi connectivity index (χ0) is 11.8. The Balaban J connectivity index is 2.03. The normalized spacial score (nSPS) is 20.4. The van der Waals surface area contributed by atoms with Gasteiger partial charge in [0.25, 0.3) is 0 Å². The molecule has 1 fully saturated rings. The third-order valence-electron chi connectivity index (χ3n) is 2.52. The van der Waals surface area contributed by atoms with Crippen molar-refractivity contribution in [2.75, 3.05) is 26.3 Å². The van der Waals surface area contributed by atoms with Gasteiger partial charge in [0.1, 0.15) is 0 Å². The molecule has 1 rings (SSSR count). The smallest absolute Gasteiger partial charge is 0.237 e. The van der Waals surface area contributed by atoms with Gasteiger partial charge in [0.2, 0.25) is 5.91 Å². The van der Waals surface area contributed by atoms with Gasteiger partial charge in [0.15, 0.2) is 0 Å². The number of piperidine rings is 1. The van der Waals surface area contributed by atoms with E-state index in [0.717, 1.165) is 25.0 Å². The standard InChI is InChI=1S/C12H22N2O2/c1-10(2)9-16-8-7-14-12(15)11-5-3-4-6-13-11/h11,13H,1,3-9H2,2H3,(H,14,15). The minimum atomic E-state index is -0.00473. The second kappa shape index (κ2) is 7.41. The number of amides is 1. The molecular formula is C12H22N2O2. The number of rotatable bonds is 6. The minimum absolute atomic E-state index is 0.00473. The van der Waals surface area contributed by atoms with Crippen molar-refractivity contribution in [2.45, 2.75) is 32.2 Å². The lowest BCUT2D eigenvalue weighted by Crippen LogP contribution is -2.47. The van der Waals surface area contributed by atoms with Crippen molar-refractivity contribution < 1.29 is 9.53 Å². The maximum atomic E-state index is 11.6. The molecule has 1 aliphatic rings. The van der Waals surface area contributed by atoms with E-state index in [2.05, 4.69) is 17.2 Å². The molecule has 0 aromatic carbocycles.